The van der Waals surface area contributed by atoms with E-state index in [-0.39, 0.29) is 12.1 Å². The van der Waals surface area contributed by atoms with E-state index in [1.807, 2.05) is 45.9 Å². The zero-order chi connectivity index (χ0) is 19.0. The minimum atomic E-state index is -0.484. The van der Waals surface area contributed by atoms with Crippen LogP contribution in [0.1, 0.15) is 49.5 Å². The summed E-state index contributed by atoms with van der Waals surface area (Å²) in [6.45, 7) is 8.81. The highest BCUT2D eigenvalue weighted by Crippen LogP contribution is 2.18. The summed E-state index contributed by atoms with van der Waals surface area (Å²) in [6.07, 6.45) is 1.39. The van der Waals surface area contributed by atoms with Gasteiger partial charge in [0.2, 0.25) is 0 Å². The number of esters is 1. The number of benzene rings is 1. The summed E-state index contributed by atoms with van der Waals surface area (Å²) in [4.78, 5) is 25.3. The van der Waals surface area contributed by atoms with Crippen molar-refractivity contribution in [3.63, 3.8) is 0 Å². The Labute approximate surface area is 150 Å². The number of methoxy groups -OCH3 is 1. The molecule has 140 valence electrons. The molecule has 25 heavy (non-hydrogen) atoms. The van der Waals surface area contributed by atoms with Gasteiger partial charge in [0.25, 0.3) is 0 Å². The van der Waals surface area contributed by atoms with Gasteiger partial charge in [0.05, 0.1) is 12.7 Å². The first-order valence-electron chi connectivity index (χ1n) is 8.51. The lowest BCUT2D eigenvalue weighted by molar-refractivity contribution is 0.0296. The van der Waals surface area contributed by atoms with Gasteiger partial charge in [0.1, 0.15) is 5.60 Å². The maximum Gasteiger partial charge on any atom is 0.410 e. The Balaban J connectivity index is 2.42. The second kappa shape index (κ2) is 9.30. The van der Waals surface area contributed by atoms with Gasteiger partial charge in [-0.3, -0.25) is 0 Å². The minimum absolute atomic E-state index is 0.313. The Morgan fingerprint density at radius 3 is 2.48 bits per heavy atom. The van der Waals surface area contributed by atoms with E-state index >= 15 is 0 Å². The number of nitrogens with zero attached hydrogens (tertiary/aromatic N) is 1. The van der Waals surface area contributed by atoms with Gasteiger partial charge in [-0.25, -0.2) is 9.59 Å². The van der Waals surface area contributed by atoms with E-state index in [2.05, 4.69) is 5.32 Å². The van der Waals surface area contributed by atoms with Crippen LogP contribution in [-0.2, 0) is 9.47 Å². The molecule has 0 heterocycles. The lowest BCUT2D eigenvalue weighted by Crippen LogP contribution is -2.34. The summed E-state index contributed by atoms with van der Waals surface area (Å²) in [5.41, 5.74) is 1.82. The summed E-state index contributed by atoms with van der Waals surface area (Å²) < 4.78 is 10.1. The Morgan fingerprint density at radius 2 is 1.88 bits per heavy atom. The molecule has 0 spiro atoms. The molecular formula is C19H30N2O4. The van der Waals surface area contributed by atoms with Crippen LogP contribution < -0.4 is 5.32 Å². The molecule has 1 aromatic carbocycles. The lowest BCUT2D eigenvalue weighted by Gasteiger charge is -2.24. The number of unbranched alkanes of at least 4 members (excludes halogenated alkanes) is 1. The van der Waals surface area contributed by atoms with Gasteiger partial charge in [-0.15, -0.1) is 0 Å². The van der Waals surface area contributed by atoms with Crippen molar-refractivity contribution in [1.29, 1.82) is 0 Å². The molecular weight excluding hydrogens is 320 g/mol. The Kier molecular flexibility index (Phi) is 7.74. The zero-order valence-electron chi connectivity index (χ0n) is 16.1. The van der Waals surface area contributed by atoms with Crippen molar-refractivity contribution in [3.8, 4) is 0 Å². The first-order valence-corrected chi connectivity index (χ1v) is 8.51. The van der Waals surface area contributed by atoms with Crippen LogP contribution in [0.25, 0.3) is 0 Å². The third kappa shape index (κ3) is 7.45. The van der Waals surface area contributed by atoms with Crippen LogP contribution in [0.2, 0.25) is 0 Å². The molecule has 1 amide bonds. The number of carbonyl (C=O) groups excluding carboxylic acids is 2. The molecule has 6 nitrogen and oxygen atoms in total. The van der Waals surface area contributed by atoms with E-state index in [0.29, 0.717) is 18.7 Å². The molecule has 1 N–H and O–H groups in total. The third-order valence-corrected chi connectivity index (χ3v) is 3.52. The minimum Gasteiger partial charge on any atom is -0.465 e. The standard InChI is InChI=1S/C19H30N2O4/c1-14-9-10-16(15(13-14)17(22)24-6)20-11-7-8-12-21(5)18(23)25-19(2,3)4/h9-10,13,20H,7-8,11-12H2,1-6H3. The summed E-state index contributed by atoms with van der Waals surface area (Å²) in [5, 5.41) is 3.26. The Morgan fingerprint density at radius 1 is 1.20 bits per heavy atom. The first kappa shape index (κ1) is 20.8. The van der Waals surface area contributed by atoms with Crippen LogP contribution >= 0.6 is 0 Å². The topological polar surface area (TPSA) is 67.9 Å². The average molecular weight is 350 g/mol. The first-order chi connectivity index (χ1) is 11.6. The van der Waals surface area contributed by atoms with Gasteiger partial charge in [0.15, 0.2) is 0 Å². The second-order valence-corrected chi connectivity index (χ2v) is 7.08. The van der Waals surface area contributed by atoms with Gasteiger partial charge in [0, 0.05) is 25.8 Å². The number of anilines is 1. The van der Waals surface area contributed by atoms with Crippen molar-refractivity contribution < 1.29 is 19.1 Å². The quantitative estimate of drug-likeness (QED) is 0.598. The van der Waals surface area contributed by atoms with Gasteiger partial charge < -0.3 is 19.7 Å². The van der Waals surface area contributed by atoms with Gasteiger partial charge in [-0.05, 0) is 52.7 Å². The molecule has 0 aliphatic rings. The number of ether oxygens (including phenoxy) is 2. The van der Waals surface area contributed by atoms with Crippen molar-refractivity contribution in [3.05, 3.63) is 29.3 Å². The van der Waals surface area contributed by atoms with Gasteiger partial charge >= 0.3 is 12.1 Å². The SMILES string of the molecule is COC(=O)c1cc(C)ccc1NCCCCN(C)C(=O)OC(C)(C)C. The zero-order valence-corrected chi connectivity index (χ0v) is 16.1. The van der Waals surface area contributed by atoms with E-state index in [1.54, 1.807) is 11.9 Å². The fourth-order valence-corrected chi connectivity index (χ4v) is 2.22. The number of rotatable bonds is 7. The Bertz CT molecular complexity index is 594. The van der Waals surface area contributed by atoms with E-state index in [9.17, 15) is 9.59 Å². The molecule has 0 aliphatic heterocycles. The monoisotopic (exact) mass is 350 g/mol. The molecule has 1 aromatic rings. The van der Waals surface area contributed by atoms with Crippen molar-refractivity contribution in [2.75, 3.05) is 32.6 Å². The summed E-state index contributed by atoms with van der Waals surface area (Å²) >= 11 is 0. The second-order valence-electron chi connectivity index (χ2n) is 7.08. The van der Waals surface area contributed by atoms with Crippen LogP contribution in [0.15, 0.2) is 18.2 Å². The fourth-order valence-electron chi connectivity index (χ4n) is 2.22. The van der Waals surface area contributed by atoms with E-state index in [0.717, 1.165) is 24.1 Å². The number of amides is 1. The third-order valence-electron chi connectivity index (χ3n) is 3.52. The summed E-state index contributed by atoms with van der Waals surface area (Å²) in [6, 6.07) is 5.64. The van der Waals surface area contributed by atoms with Crippen LogP contribution in [0.3, 0.4) is 0 Å². The molecule has 0 atom stereocenters. The maximum absolute atomic E-state index is 11.9. The molecule has 0 aliphatic carbocycles. The van der Waals surface area contributed by atoms with E-state index in [4.69, 9.17) is 9.47 Å². The number of aryl methyl sites for hydroxylation is 1. The fraction of sp³-hybridized carbons (Fsp3) is 0.579. The molecule has 6 heteroatoms. The highest BCUT2D eigenvalue weighted by atomic mass is 16.6. The molecule has 0 saturated carbocycles. The molecule has 0 aromatic heterocycles. The maximum atomic E-state index is 11.9. The van der Waals surface area contributed by atoms with Gasteiger partial charge in [-0.1, -0.05) is 11.6 Å². The molecule has 0 bridgehead atoms. The number of hydrogen-bond acceptors (Lipinski definition) is 5. The van der Waals surface area contributed by atoms with Crippen molar-refractivity contribution >= 4 is 17.7 Å². The predicted octanol–water partition coefficient (Wildman–Crippen LogP) is 3.84. The largest absolute Gasteiger partial charge is 0.465 e. The van der Waals surface area contributed by atoms with Crippen LogP contribution in [0.4, 0.5) is 10.5 Å². The predicted molar refractivity (Wildman–Crippen MR) is 99.1 cm³/mol. The average Bonchev–Trinajstić information content (AvgIpc) is 2.53. The van der Waals surface area contributed by atoms with Crippen LogP contribution in [0, 0.1) is 6.92 Å². The lowest BCUT2D eigenvalue weighted by atomic mass is 10.1. The smallest absolute Gasteiger partial charge is 0.410 e. The van der Waals surface area contributed by atoms with Crippen molar-refractivity contribution in [2.45, 2.75) is 46.1 Å². The summed E-state index contributed by atoms with van der Waals surface area (Å²) in [5.74, 6) is -0.351. The van der Waals surface area contributed by atoms with E-state index < -0.39 is 5.60 Å². The molecule has 0 saturated heterocycles. The number of carbonyl (C=O) groups is 2. The van der Waals surface area contributed by atoms with E-state index in [1.165, 1.54) is 7.11 Å². The van der Waals surface area contributed by atoms with Crippen molar-refractivity contribution in [1.82, 2.24) is 4.90 Å². The summed E-state index contributed by atoms with van der Waals surface area (Å²) in [7, 11) is 3.11. The Hall–Kier alpha value is -2.24. The normalized spacial score (nSPS) is 11.0. The molecule has 0 fully saturated rings. The highest BCUT2D eigenvalue weighted by Gasteiger charge is 2.19. The van der Waals surface area contributed by atoms with Crippen LogP contribution in [0.5, 0.6) is 0 Å². The number of hydrogen-bond donors (Lipinski definition) is 1. The number of nitrogens with one attached hydrogen (secondary N) is 1. The van der Waals surface area contributed by atoms with Crippen LogP contribution in [-0.4, -0.2) is 49.8 Å². The van der Waals surface area contributed by atoms with Gasteiger partial charge in [-0.2, -0.15) is 0 Å². The van der Waals surface area contributed by atoms with Crippen molar-refractivity contribution in [2.24, 2.45) is 0 Å². The molecule has 1 rings (SSSR count). The highest BCUT2D eigenvalue weighted by molar-refractivity contribution is 5.95. The molecule has 0 unspecified atom stereocenters. The molecule has 0 radical (unpaired) electrons.